The maximum Gasteiger partial charge on any atom is 0.328 e. The van der Waals surface area contributed by atoms with Gasteiger partial charge in [-0.05, 0) is 23.8 Å². The maximum atomic E-state index is 11.4. The van der Waals surface area contributed by atoms with Crippen LogP contribution in [0.4, 0.5) is 4.79 Å². The van der Waals surface area contributed by atoms with Crippen LogP contribution in [0.3, 0.4) is 0 Å². The third-order valence-electron chi connectivity index (χ3n) is 2.29. The molecule has 1 aliphatic heterocycles. The highest BCUT2D eigenvalue weighted by Gasteiger charge is 2.27. The minimum Gasteiger partial charge on any atom is -0.273 e. The molecule has 2 N–H and O–H groups in total. The lowest BCUT2D eigenvalue weighted by Crippen LogP contribution is -2.51. The molecule has 6 heteroatoms. The van der Waals surface area contributed by atoms with Crippen LogP contribution in [0.2, 0.25) is 0 Å². The highest BCUT2D eigenvalue weighted by molar-refractivity contribution is 6.31. The average molecular weight is 241 g/mol. The number of hydrogen-bond acceptors (Lipinski definition) is 4. The Kier molecular flexibility index (Phi) is 2.89. The number of nitriles is 1. The lowest BCUT2D eigenvalue weighted by molar-refractivity contribution is -0.123. The van der Waals surface area contributed by atoms with Crippen molar-refractivity contribution in [3.63, 3.8) is 0 Å². The number of rotatable bonds is 1. The van der Waals surface area contributed by atoms with E-state index in [0.29, 0.717) is 11.1 Å². The maximum absolute atomic E-state index is 11.4. The number of amides is 4. The summed E-state index contributed by atoms with van der Waals surface area (Å²) in [4.78, 5) is 33.7. The summed E-state index contributed by atoms with van der Waals surface area (Å²) in [5.74, 6) is -1.48. The van der Waals surface area contributed by atoms with Crippen molar-refractivity contribution in [2.24, 2.45) is 0 Å². The minimum absolute atomic E-state index is 0.153. The quantitative estimate of drug-likeness (QED) is 0.545. The number of carbonyl (C=O) groups is 3. The van der Waals surface area contributed by atoms with Gasteiger partial charge < -0.3 is 0 Å². The van der Waals surface area contributed by atoms with E-state index < -0.39 is 17.8 Å². The van der Waals surface area contributed by atoms with Gasteiger partial charge in [-0.2, -0.15) is 5.26 Å². The summed E-state index contributed by atoms with van der Waals surface area (Å²) >= 11 is 0. The highest BCUT2D eigenvalue weighted by atomic mass is 16.2. The van der Waals surface area contributed by atoms with Gasteiger partial charge in [0.15, 0.2) is 0 Å². The number of benzene rings is 1. The Balaban J connectivity index is 2.32. The normalized spacial score (nSPS) is 14.6. The Hall–Kier alpha value is -2.94. The highest BCUT2D eigenvalue weighted by Crippen LogP contribution is 2.10. The molecule has 0 radical (unpaired) electrons. The second-order valence-corrected chi connectivity index (χ2v) is 3.53. The van der Waals surface area contributed by atoms with Crippen LogP contribution in [-0.4, -0.2) is 17.8 Å². The van der Waals surface area contributed by atoms with E-state index in [4.69, 9.17) is 5.26 Å². The Morgan fingerprint density at radius 2 is 1.56 bits per heavy atom. The Morgan fingerprint density at radius 3 is 2.06 bits per heavy atom. The average Bonchev–Trinajstić information content (AvgIpc) is 2.34. The molecule has 0 unspecified atom stereocenters. The van der Waals surface area contributed by atoms with Gasteiger partial charge >= 0.3 is 6.03 Å². The molecule has 0 aromatic heterocycles. The number of nitrogens with zero attached hydrogens (tertiary/aromatic N) is 1. The van der Waals surface area contributed by atoms with Gasteiger partial charge in [0.2, 0.25) is 0 Å². The smallest absolute Gasteiger partial charge is 0.273 e. The molecule has 0 atom stereocenters. The zero-order valence-electron chi connectivity index (χ0n) is 9.06. The monoisotopic (exact) mass is 241 g/mol. The van der Waals surface area contributed by atoms with Crippen LogP contribution < -0.4 is 10.6 Å². The van der Waals surface area contributed by atoms with Crippen LogP contribution in [0.25, 0.3) is 6.08 Å². The van der Waals surface area contributed by atoms with Gasteiger partial charge in [0.1, 0.15) is 5.57 Å². The van der Waals surface area contributed by atoms with Gasteiger partial charge in [-0.1, -0.05) is 12.1 Å². The molecule has 0 bridgehead atoms. The van der Waals surface area contributed by atoms with Crippen molar-refractivity contribution in [1.29, 1.82) is 5.26 Å². The number of urea groups is 1. The summed E-state index contributed by atoms with van der Waals surface area (Å²) in [5.41, 5.74) is 0.910. The van der Waals surface area contributed by atoms with Crippen molar-refractivity contribution in [2.45, 2.75) is 0 Å². The Bertz CT molecular complexity index is 586. The van der Waals surface area contributed by atoms with Crippen LogP contribution in [0, 0.1) is 11.3 Å². The van der Waals surface area contributed by atoms with Gasteiger partial charge in [0.25, 0.3) is 11.8 Å². The third kappa shape index (κ3) is 2.25. The van der Waals surface area contributed by atoms with E-state index in [1.165, 1.54) is 6.08 Å². The van der Waals surface area contributed by atoms with Gasteiger partial charge in [0, 0.05) is 0 Å². The first-order valence-electron chi connectivity index (χ1n) is 4.98. The van der Waals surface area contributed by atoms with E-state index in [2.05, 4.69) is 0 Å². The van der Waals surface area contributed by atoms with Crippen molar-refractivity contribution in [3.8, 4) is 6.07 Å². The number of hydrogen-bond donors (Lipinski definition) is 2. The Labute approximate surface area is 102 Å². The lowest BCUT2D eigenvalue weighted by Gasteiger charge is -2.13. The fraction of sp³-hybridized carbons (Fsp3) is 0. The van der Waals surface area contributed by atoms with Crippen molar-refractivity contribution < 1.29 is 14.4 Å². The van der Waals surface area contributed by atoms with Gasteiger partial charge in [-0.25, -0.2) is 4.79 Å². The number of barbiturate groups is 1. The molecule has 1 fully saturated rings. The van der Waals surface area contributed by atoms with Gasteiger partial charge in [-0.15, -0.1) is 0 Å². The van der Waals surface area contributed by atoms with Crippen molar-refractivity contribution >= 4 is 23.9 Å². The van der Waals surface area contributed by atoms with E-state index in [-0.39, 0.29) is 5.57 Å². The van der Waals surface area contributed by atoms with Crippen molar-refractivity contribution in [1.82, 2.24) is 10.6 Å². The second-order valence-electron chi connectivity index (χ2n) is 3.53. The summed E-state index contributed by atoms with van der Waals surface area (Å²) < 4.78 is 0. The van der Waals surface area contributed by atoms with E-state index in [0.717, 1.165) is 0 Å². The fourth-order valence-electron chi connectivity index (χ4n) is 1.43. The van der Waals surface area contributed by atoms with Gasteiger partial charge in [0.05, 0.1) is 11.6 Å². The molecule has 4 amide bonds. The number of imide groups is 2. The van der Waals surface area contributed by atoms with Crippen molar-refractivity contribution in [2.75, 3.05) is 0 Å². The van der Waals surface area contributed by atoms with Gasteiger partial charge in [-0.3, -0.25) is 20.2 Å². The van der Waals surface area contributed by atoms with E-state index >= 15 is 0 Å². The summed E-state index contributed by atoms with van der Waals surface area (Å²) in [6, 6.07) is 7.46. The second kappa shape index (κ2) is 4.51. The third-order valence-corrected chi connectivity index (χ3v) is 2.29. The minimum atomic E-state index is -0.832. The van der Waals surface area contributed by atoms with E-state index in [1.54, 1.807) is 24.3 Å². The molecule has 2 rings (SSSR count). The predicted molar refractivity (Wildman–Crippen MR) is 60.8 cm³/mol. The van der Waals surface area contributed by atoms with Crippen LogP contribution >= 0.6 is 0 Å². The SMILES string of the molecule is N#Cc1ccc(C=C2C(=O)NC(=O)NC2=O)cc1. The molecule has 1 aromatic carbocycles. The fourth-order valence-corrected chi connectivity index (χ4v) is 1.43. The first kappa shape index (κ1) is 11.5. The van der Waals surface area contributed by atoms with E-state index in [9.17, 15) is 14.4 Å². The molecule has 88 valence electrons. The zero-order valence-corrected chi connectivity index (χ0v) is 9.06. The Morgan fingerprint density at radius 1 is 1.00 bits per heavy atom. The standard InChI is InChI=1S/C12H7N3O3/c13-6-8-3-1-7(2-4-8)5-9-10(16)14-12(18)15-11(9)17/h1-5H,(H2,14,15,16,17,18). The number of carbonyl (C=O) groups excluding carboxylic acids is 3. The summed E-state index contributed by atoms with van der Waals surface area (Å²) in [6.45, 7) is 0. The molecule has 6 nitrogen and oxygen atoms in total. The molecule has 1 saturated heterocycles. The lowest BCUT2D eigenvalue weighted by atomic mass is 10.1. The van der Waals surface area contributed by atoms with E-state index in [1.807, 2.05) is 16.7 Å². The topological polar surface area (TPSA) is 99.1 Å². The summed E-state index contributed by atoms with van der Waals surface area (Å²) in [5, 5.41) is 12.6. The van der Waals surface area contributed by atoms with Crippen molar-refractivity contribution in [3.05, 3.63) is 41.0 Å². The summed E-state index contributed by atoms with van der Waals surface area (Å²) in [7, 11) is 0. The molecule has 0 saturated carbocycles. The first-order chi connectivity index (χ1) is 8.60. The number of nitrogens with one attached hydrogen (secondary N) is 2. The van der Waals surface area contributed by atoms with Crippen LogP contribution in [0.15, 0.2) is 29.8 Å². The molecular weight excluding hydrogens is 234 g/mol. The molecule has 1 aromatic rings. The van der Waals surface area contributed by atoms with Crippen LogP contribution in [0.1, 0.15) is 11.1 Å². The molecule has 1 heterocycles. The largest absolute Gasteiger partial charge is 0.328 e. The predicted octanol–water partition coefficient (Wildman–Crippen LogP) is 0.308. The molecular formula is C12H7N3O3. The first-order valence-corrected chi connectivity index (χ1v) is 4.98. The molecule has 0 aliphatic carbocycles. The molecule has 0 spiro atoms. The van der Waals surface area contributed by atoms with Crippen LogP contribution in [-0.2, 0) is 9.59 Å². The van der Waals surface area contributed by atoms with Crippen LogP contribution in [0.5, 0.6) is 0 Å². The zero-order chi connectivity index (χ0) is 13.1. The molecule has 18 heavy (non-hydrogen) atoms. The summed E-state index contributed by atoms with van der Waals surface area (Å²) in [6.07, 6.45) is 1.35. The molecule has 1 aliphatic rings.